The van der Waals surface area contributed by atoms with Gasteiger partial charge in [0.25, 0.3) is 0 Å². The standard InChI is InChI=1S/C17H29N3/c1-5-14(3)16-11-19-17(4,6-2)13-20(16)12-15-7-9-18-10-8-15/h7-10,14,16,19H,5-6,11-13H2,1-4H3. The fourth-order valence-electron chi connectivity index (χ4n) is 3.07. The molecule has 3 nitrogen and oxygen atoms in total. The van der Waals surface area contributed by atoms with Gasteiger partial charge in [-0.2, -0.15) is 0 Å². The van der Waals surface area contributed by atoms with Gasteiger partial charge in [0.15, 0.2) is 0 Å². The molecule has 3 heteroatoms. The van der Waals surface area contributed by atoms with Gasteiger partial charge < -0.3 is 5.32 Å². The van der Waals surface area contributed by atoms with Gasteiger partial charge in [-0.25, -0.2) is 0 Å². The fraction of sp³-hybridized carbons (Fsp3) is 0.706. The molecule has 3 atom stereocenters. The van der Waals surface area contributed by atoms with Gasteiger partial charge in [0.05, 0.1) is 0 Å². The number of pyridine rings is 1. The molecule has 0 bridgehead atoms. The highest BCUT2D eigenvalue weighted by Gasteiger charge is 2.36. The van der Waals surface area contributed by atoms with Crippen LogP contribution in [0.15, 0.2) is 24.5 Å². The molecule has 0 aliphatic carbocycles. The lowest BCUT2D eigenvalue weighted by Crippen LogP contribution is -2.63. The monoisotopic (exact) mass is 275 g/mol. The van der Waals surface area contributed by atoms with Crippen LogP contribution in [0.2, 0.25) is 0 Å². The average molecular weight is 275 g/mol. The summed E-state index contributed by atoms with van der Waals surface area (Å²) in [6, 6.07) is 4.91. The molecule has 1 aliphatic rings. The number of aromatic nitrogens is 1. The lowest BCUT2D eigenvalue weighted by Gasteiger charge is -2.48. The molecule has 112 valence electrons. The van der Waals surface area contributed by atoms with Crippen LogP contribution in [0.3, 0.4) is 0 Å². The van der Waals surface area contributed by atoms with E-state index in [9.17, 15) is 0 Å². The Morgan fingerprint density at radius 1 is 1.40 bits per heavy atom. The van der Waals surface area contributed by atoms with Gasteiger partial charge in [-0.15, -0.1) is 0 Å². The van der Waals surface area contributed by atoms with Crippen LogP contribution in [0.5, 0.6) is 0 Å². The number of hydrogen-bond acceptors (Lipinski definition) is 3. The molecular weight excluding hydrogens is 246 g/mol. The summed E-state index contributed by atoms with van der Waals surface area (Å²) in [5.41, 5.74) is 1.62. The molecule has 20 heavy (non-hydrogen) atoms. The van der Waals surface area contributed by atoms with Crippen LogP contribution in [0.4, 0.5) is 0 Å². The lowest BCUT2D eigenvalue weighted by molar-refractivity contribution is 0.0487. The van der Waals surface area contributed by atoms with Gasteiger partial charge >= 0.3 is 0 Å². The minimum atomic E-state index is 0.247. The molecular formula is C17H29N3. The van der Waals surface area contributed by atoms with Crippen molar-refractivity contribution in [2.75, 3.05) is 13.1 Å². The fourth-order valence-corrected chi connectivity index (χ4v) is 3.07. The predicted molar refractivity (Wildman–Crippen MR) is 84.6 cm³/mol. The molecule has 0 amide bonds. The van der Waals surface area contributed by atoms with Crippen molar-refractivity contribution in [2.45, 2.75) is 58.7 Å². The van der Waals surface area contributed by atoms with Crippen LogP contribution in [0, 0.1) is 5.92 Å². The summed E-state index contributed by atoms with van der Waals surface area (Å²) < 4.78 is 0. The zero-order valence-electron chi connectivity index (χ0n) is 13.4. The molecule has 0 spiro atoms. The highest BCUT2D eigenvalue weighted by Crippen LogP contribution is 2.25. The Labute approximate surface area is 123 Å². The Bertz CT molecular complexity index is 406. The van der Waals surface area contributed by atoms with Crippen LogP contribution in [0.1, 0.15) is 46.1 Å². The predicted octanol–water partition coefficient (Wildman–Crippen LogP) is 3.07. The van der Waals surface area contributed by atoms with Gasteiger partial charge in [-0.1, -0.05) is 27.2 Å². The normalized spacial score (nSPS) is 29.3. The molecule has 1 aromatic heterocycles. The first-order valence-corrected chi connectivity index (χ1v) is 7.96. The number of hydrogen-bond donors (Lipinski definition) is 1. The quantitative estimate of drug-likeness (QED) is 0.895. The molecule has 3 unspecified atom stereocenters. The van der Waals surface area contributed by atoms with Gasteiger partial charge in [0, 0.05) is 43.6 Å². The summed E-state index contributed by atoms with van der Waals surface area (Å²) in [6.07, 6.45) is 6.21. The number of nitrogens with one attached hydrogen (secondary N) is 1. The van der Waals surface area contributed by atoms with Gasteiger partial charge in [0.1, 0.15) is 0 Å². The van der Waals surface area contributed by atoms with E-state index >= 15 is 0 Å². The van der Waals surface area contributed by atoms with Crippen molar-refractivity contribution in [1.29, 1.82) is 0 Å². The summed E-state index contributed by atoms with van der Waals surface area (Å²) in [7, 11) is 0. The van der Waals surface area contributed by atoms with E-state index in [0.717, 1.165) is 25.6 Å². The van der Waals surface area contributed by atoms with Crippen molar-refractivity contribution < 1.29 is 0 Å². The molecule has 0 radical (unpaired) electrons. The van der Waals surface area contributed by atoms with Crippen LogP contribution >= 0.6 is 0 Å². The number of rotatable bonds is 5. The molecule has 1 N–H and O–H groups in total. The average Bonchev–Trinajstić information content (AvgIpc) is 2.48. The zero-order valence-corrected chi connectivity index (χ0v) is 13.4. The summed E-state index contributed by atoms with van der Waals surface area (Å²) in [5, 5.41) is 3.77. The smallest absolute Gasteiger partial charge is 0.0278 e. The van der Waals surface area contributed by atoms with Crippen molar-refractivity contribution in [2.24, 2.45) is 5.92 Å². The van der Waals surface area contributed by atoms with E-state index in [0.29, 0.717) is 6.04 Å². The van der Waals surface area contributed by atoms with E-state index in [4.69, 9.17) is 0 Å². The first-order chi connectivity index (χ1) is 9.58. The molecule has 2 heterocycles. The molecule has 1 fully saturated rings. The highest BCUT2D eigenvalue weighted by atomic mass is 15.3. The number of piperazine rings is 1. The van der Waals surface area contributed by atoms with Gasteiger partial charge in [-0.3, -0.25) is 9.88 Å². The summed E-state index contributed by atoms with van der Waals surface area (Å²) >= 11 is 0. The maximum atomic E-state index is 4.12. The van der Waals surface area contributed by atoms with E-state index in [-0.39, 0.29) is 5.54 Å². The van der Waals surface area contributed by atoms with Crippen LogP contribution in [-0.2, 0) is 6.54 Å². The first-order valence-electron chi connectivity index (χ1n) is 7.96. The van der Waals surface area contributed by atoms with Crippen molar-refractivity contribution in [3.8, 4) is 0 Å². The molecule has 1 aromatic rings. The van der Waals surface area contributed by atoms with Gasteiger partial charge in [0.2, 0.25) is 0 Å². The lowest BCUT2D eigenvalue weighted by atomic mass is 9.88. The molecule has 0 aromatic carbocycles. The number of nitrogens with zero attached hydrogens (tertiary/aromatic N) is 2. The Morgan fingerprint density at radius 3 is 2.70 bits per heavy atom. The van der Waals surface area contributed by atoms with Crippen molar-refractivity contribution in [3.05, 3.63) is 30.1 Å². The van der Waals surface area contributed by atoms with Crippen molar-refractivity contribution in [3.63, 3.8) is 0 Å². The minimum Gasteiger partial charge on any atom is -0.309 e. The van der Waals surface area contributed by atoms with E-state index in [1.54, 1.807) is 0 Å². The molecule has 1 saturated heterocycles. The van der Waals surface area contributed by atoms with Crippen molar-refractivity contribution >= 4 is 0 Å². The molecule has 0 saturated carbocycles. The second kappa shape index (κ2) is 6.68. The van der Waals surface area contributed by atoms with E-state index in [1.165, 1.54) is 18.4 Å². The topological polar surface area (TPSA) is 28.2 Å². The maximum Gasteiger partial charge on any atom is 0.0278 e. The Morgan fingerprint density at radius 2 is 2.10 bits per heavy atom. The summed E-state index contributed by atoms with van der Waals surface area (Å²) in [6.45, 7) is 12.6. The second-order valence-electron chi connectivity index (χ2n) is 6.51. The minimum absolute atomic E-state index is 0.247. The van der Waals surface area contributed by atoms with Crippen LogP contribution in [-0.4, -0.2) is 34.6 Å². The molecule has 2 rings (SSSR count). The Kier molecular flexibility index (Phi) is 5.17. The summed E-state index contributed by atoms with van der Waals surface area (Å²) in [4.78, 5) is 6.79. The Balaban J connectivity index is 2.13. The largest absolute Gasteiger partial charge is 0.309 e. The zero-order chi connectivity index (χ0) is 14.6. The van der Waals surface area contributed by atoms with Crippen LogP contribution < -0.4 is 5.32 Å². The van der Waals surface area contributed by atoms with E-state index < -0.39 is 0 Å². The SMILES string of the molecule is CCC(C)C1CNC(C)(CC)CN1Cc1ccncc1. The third-order valence-corrected chi connectivity index (χ3v) is 4.98. The third kappa shape index (κ3) is 3.58. The maximum absolute atomic E-state index is 4.12. The molecule has 1 aliphatic heterocycles. The first kappa shape index (κ1) is 15.5. The van der Waals surface area contributed by atoms with Gasteiger partial charge in [-0.05, 0) is 37.0 Å². The van der Waals surface area contributed by atoms with E-state index in [1.807, 2.05) is 12.4 Å². The van der Waals surface area contributed by atoms with Crippen molar-refractivity contribution in [1.82, 2.24) is 15.2 Å². The highest BCUT2D eigenvalue weighted by molar-refractivity contribution is 5.11. The third-order valence-electron chi connectivity index (χ3n) is 4.98. The van der Waals surface area contributed by atoms with E-state index in [2.05, 4.69) is 55.0 Å². The van der Waals surface area contributed by atoms with Crippen LogP contribution in [0.25, 0.3) is 0 Å². The Hall–Kier alpha value is -0.930. The second-order valence-corrected chi connectivity index (χ2v) is 6.51. The summed E-state index contributed by atoms with van der Waals surface area (Å²) in [5.74, 6) is 0.728.